The van der Waals surface area contributed by atoms with Crippen LogP contribution in [0.3, 0.4) is 0 Å². The van der Waals surface area contributed by atoms with Crippen molar-refractivity contribution in [1.82, 2.24) is 5.32 Å². The lowest BCUT2D eigenvalue weighted by molar-refractivity contribution is -0.118. The zero-order valence-electron chi connectivity index (χ0n) is 9.32. The highest BCUT2D eigenvalue weighted by Gasteiger charge is 2.20. The first-order chi connectivity index (χ1) is 8.29. The van der Waals surface area contributed by atoms with E-state index >= 15 is 0 Å². The number of ether oxygens (including phenoxy) is 2. The standard InChI is InChI=1S/C12H14ClNO3/c13-7-12(15)14-6-5-9-8-16-10-3-1-2-4-11(10)17-9/h1-4,9H,5-8H2,(H,14,15). The number of fused-ring (bicyclic) bond motifs is 1. The predicted octanol–water partition coefficient (Wildman–Crippen LogP) is 1.57. The van der Waals surface area contributed by atoms with Crippen LogP contribution in [0.25, 0.3) is 0 Å². The summed E-state index contributed by atoms with van der Waals surface area (Å²) < 4.78 is 11.3. The van der Waals surface area contributed by atoms with Crippen molar-refractivity contribution < 1.29 is 14.3 Å². The lowest BCUT2D eigenvalue weighted by atomic mass is 10.2. The maximum atomic E-state index is 10.9. The van der Waals surface area contributed by atoms with E-state index in [1.165, 1.54) is 0 Å². The fourth-order valence-electron chi connectivity index (χ4n) is 1.63. The highest BCUT2D eigenvalue weighted by atomic mass is 35.5. The Morgan fingerprint density at radius 3 is 2.94 bits per heavy atom. The first kappa shape index (κ1) is 12.0. The Morgan fingerprint density at radius 2 is 2.18 bits per heavy atom. The zero-order valence-corrected chi connectivity index (χ0v) is 10.1. The molecule has 1 amide bonds. The van der Waals surface area contributed by atoms with Crippen LogP contribution in [0.1, 0.15) is 6.42 Å². The number of para-hydroxylation sites is 2. The molecule has 92 valence electrons. The summed E-state index contributed by atoms with van der Waals surface area (Å²) in [5, 5.41) is 2.70. The van der Waals surface area contributed by atoms with Gasteiger partial charge in [0.1, 0.15) is 18.6 Å². The molecule has 1 heterocycles. The second-order valence-electron chi connectivity index (χ2n) is 3.77. The van der Waals surface area contributed by atoms with Gasteiger partial charge in [0.15, 0.2) is 11.5 Å². The molecule has 1 aliphatic rings. The third kappa shape index (κ3) is 3.27. The Kier molecular flexibility index (Phi) is 4.09. The molecular weight excluding hydrogens is 242 g/mol. The zero-order chi connectivity index (χ0) is 12.1. The van der Waals surface area contributed by atoms with E-state index in [1.54, 1.807) is 0 Å². The Hall–Kier alpha value is -1.42. The van der Waals surface area contributed by atoms with E-state index in [-0.39, 0.29) is 17.9 Å². The number of hydrogen-bond donors (Lipinski definition) is 1. The van der Waals surface area contributed by atoms with Crippen LogP contribution in [0.4, 0.5) is 0 Å². The van der Waals surface area contributed by atoms with Crippen LogP contribution in [-0.4, -0.2) is 31.0 Å². The molecule has 1 atom stereocenters. The summed E-state index contributed by atoms with van der Waals surface area (Å²) in [5.74, 6) is 1.36. The quantitative estimate of drug-likeness (QED) is 0.831. The molecule has 0 fully saturated rings. The minimum atomic E-state index is -0.163. The third-order valence-electron chi connectivity index (χ3n) is 2.48. The summed E-state index contributed by atoms with van der Waals surface area (Å²) in [6.07, 6.45) is 0.678. The van der Waals surface area contributed by atoms with E-state index < -0.39 is 0 Å². The van der Waals surface area contributed by atoms with Crippen LogP contribution in [-0.2, 0) is 4.79 Å². The summed E-state index contributed by atoms with van der Waals surface area (Å²) >= 11 is 5.37. The fourth-order valence-corrected chi connectivity index (χ4v) is 1.72. The Bertz CT molecular complexity index is 397. The minimum Gasteiger partial charge on any atom is -0.486 e. The molecule has 1 unspecified atom stereocenters. The highest BCUT2D eigenvalue weighted by molar-refractivity contribution is 6.27. The number of carbonyl (C=O) groups is 1. The summed E-state index contributed by atoms with van der Waals surface area (Å²) in [6, 6.07) is 7.56. The number of carbonyl (C=O) groups excluding carboxylic acids is 1. The number of halogens is 1. The molecule has 0 saturated heterocycles. The first-order valence-corrected chi connectivity index (χ1v) is 6.04. The van der Waals surface area contributed by atoms with Crippen molar-refractivity contribution in [3.8, 4) is 11.5 Å². The van der Waals surface area contributed by atoms with E-state index in [4.69, 9.17) is 21.1 Å². The molecule has 0 radical (unpaired) electrons. The van der Waals surface area contributed by atoms with Crippen molar-refractivity contribution >= 4 is 17.5 Å². The molecule has 0 aromatic heterocycles. The van der Waals surface area contributed by atoms with Gasteiger partial charge in [0.25, 0.3) is 0 Å². The second-order valence-corrected chi connectivity index (χ2v) is 4.04. The molecule has 17 heavy (non-hydrogen) atoms. The number of amides is 1. The van der Waals surface area contributed by atoms with E-state index in [1.807, 2.05) is 24.3 Å². The molecule has 4 nitrogen and oxygen atoms in total. The van der Waals surface area contributed by atoms with Gasteiger partial charge in [-0.2, -0.15) is 0 Å². The van der Waals surface area contributed by atoms with Crippen molar-refractivity contribution in [1.29, 1.82) is 0 Å². The third-order valence-corrected chi connectivity index (χ3v) is 2.72. The van der Waals surface area contributed by atoms with Crippen LogP contribution in [0, 0.1) is 0 Å². The van der Waals surface area contributed by atoms with Gasteiger partial charge < -0.3 is 14.8 Å². The number of hydrogen-bond acceptors (Lipinski definition) is 3. The van der Waals surface area contributed by atoms with Crippen molar-refractivity contribution in [2.45, 2.75) is 12.5 Å². The molecule has 2 rings (SSSR count). The maximum Gasteiger partial charge on any atom is 0.234 e. The number of benzene rings is 1. The van der Waals surface area contributed by atoms with Gasteiger partial charge in [-0.05, 0) is 12.1 Å². The van der Waals surface area contributed by atoms with E-state index in [0.29, 0.717) is 19.6 Å². The number of nitrogens with one attached hydrogen (secondary N) is 1. The van der Waals surface area contributed by atoms with Crippen molar-refractivity contribution in [2.24, 2.45) is 0 Å². The number of alkyl halides is 1. The van der Waals surface area contributed by atoms with Gasteiger partial charge in [0.05, 0.1) is 0 Å². The predicted molar refractivity (Wildman–Crippen MR) is 64.7 cm³/mol. The van der Waals surface area contributed by atoms with Crippen molar-refractivity contribution in [3.05, 3.63) is 24.3 Å². The smallest absolute Gasteiger partial charge is 0.234 e. The molecule has 0 spiro atoms. The van der Waals surface area contributed by atoms with Gasteiger partial charge in [0, 0.05) is 13.0 Å². The molecule has 1 N–H and O–H groups in total. The van der Waals surface area contributed by atoms with Crippen LogP contribution < -0.4 is 14.8 Å². The largest absolute Gasteiger partial charge is 0.486 e. The SMILES string of the molecule is O=C(CCl)NCCC1COc2ccccc2O1. The topological polar surface area (TPSA) is 47.6 Å². The number of rotatable bonds is 4. The monoisotopic (exact) mass is 255 g/mol. The molecule has 0 saturated carbocycles. The molecule has 1 aliphatic heterocycles. The van der Waals surface area contributed by atoms with Gasteiger partial charge >= 0.3 is 0 Å². The van der Waals surface area contributed by atoms with Crippen LogP contribution >= 0.6 is 11.6 Å². The minimum absolute atomic E-state index is 0.00907. The summed E-state index contributed by atoms with van der Waals surface area (Å²) in [6.45, 7) is 1.05. The van der Waals surface area contributed by atoms with Gasteiger partial charge in [-0.15, -0.1) is 11.6 Å². The van der Waals surface area contributed by atoms with Gasteiger partial charge in [-0.1, -0.05) is 12.1 Å². The normalized spacial score (nSPS) is 17.6. The van der Waals surface area contributed by atoms with E-state index in [2.05, 4.69) is 5.32 Å². The molecule has 1 aromatic rings. The highest BCUT2D eigenvalue weighted by Crippen LogP contribution is 2.31. The Labute approximate surface area is 105 Å². The molecule has 5 heteroatoms. The summed E-state index contributed by atoms with van der Waals surface area (Å²) in [4.78, 5) is 10.9. The van der Waals surface area contributed by atoms with Crippen molar-refractivity contribution in [3.63, 3.8) is 0 Å². The van der Waals surface area contributed by atoms with Crippen molar-refractivity contribution in [2.75, 3.05) is 19.0 Å². The van der Waals surface area contributed by atoms with Crippen LogP contribution in [0.2, 0.25) is 0 Å². The second kappa shape index (κ2) is 5.77. The molecular formula is C12H14ClNO3. The molecule has 1 aromatic carbocycles. The summed E-state index contributed by atoms with van der Waals surface area (Å²) in [7, 11) is 0. The Morgan fingerprint density at radius 1 is 1.41 bits per heavy atom. The van der Waals surface area contributed by atoms with Crippen LogP contribution in [0.15, 0.2) is 24.3 Å². The van der Waals surface area contributed by atoms with E-state index in [9.17, 15) is 4.79 Å². The fraction of sp³-hybridized carbons (Fsp3) is 0.417. The van der Waals surface area contributed by atoms with Gasteiger partial charge in [0.2, 0.25) is 5.91 Å². The first-order valence-electron chi connectivity index (χ1n) is 5.50. The van der Waals surface area contributed by atoms with E-state index in [0.717, 1.165) is 11.5 Å². The maximum absolute atomic E-state index is 10.9. The summed E-state index contributed by atoms with van der Waals surface area (Å²) in [5.41, 5.74) is 0. The van der Waals surface area contributed by atoms with Gasteiger partial charge in [-0.25, -0.2) is 0 Å². The average molecular weight is 256 g/mol. The average Bonchev–Trinajstić information content (AvgIpc) is 2.38. The Balaban J connectivity index is 1.80. The van der Waals surface area contributed by atoms with Crippen LogP contribution in [0.5, 0.6) is 11.5 Å². The lowest BCUT2D eigenvalue weighted by Gasteiger charge is -2.26. The lowest BCUT2D eigenvalue weighted by Crippen LogP contribution is -2.34. The van der Waals surface area contributed by atoms with Gasteiger partial charge in [-0.3, -0.25) is 4.79 Å². The molecule has 0 bridgehead atoms. The molecule has 0 aliphatic carbocycles.